The van der Waals surface area contributed by atoms with Crippen molar-refractivity contribution in [3.63, 3.8) is 0 Å². The summed E-state index contributed by atoms with van der Waals surface area (Å²) < 4.78 is 5.97. The number of aryl methyl sites for hydroxylation is 1. The zero-order valence-electron chi connectivity index (χ0n) is 14.2. The molecule has 1 fully saturated rings. The van der Waals surface area contributed by atoms with Gasteiger partial charge >= 0.3 is 0 Å². The average molecular weight is 292 g/mol. The van der Waals surface area contributed by atoms with Gasteiger partial charge in [0.05, 0.1) is 6.54 Å². The summed E-state index contributed by atoms with van der Waals surface area (Å²) in [6.07, 6.45) is 4.05. The summed E-state index contributed by atoms with van der Waals surface area (Å²) in [5, 5.41) is 3.50. The molecule has 0 spiro atoms. The second kappa shape index (κ2) is 8.00. The topological polar surface area (TPSA) is 28.4 Å². The van der Waals surface area contributed by atoms with E-state index in [2.05, 4.69) is 44.0 Å². The Hall–Kier alpha value is -0.800. The van der Waals surface area contributed by atoms with Crippen LogP contribution in [-0.2, 0) is 13.1 Å². The van der Waals surface area contributed by atoms with Crippen molar-refractivity contribution in [3.8, 4) is 0 Å². The van der Waals surface area contributed by atoms with Crippen molar-refractivity contribution in [2.75, 3.05) is 19.6 Å². The van der Waals surface area contributed by atoms with Crippen LogP contribution in [-0.4, -0.2) is 24.5 Å². The molecule has 21 heavy (non-hydrogen) atoms. The largest absolute Gasteiger partial charge is 0.465 e. The van der Waals surface area contributed by atoms with E-state index in [0.29, 0.717) is 5.92 Å². The highest BCUT2D eigenvalue weighted by atomic mass is 16.3. The first-order valence-electron chi connectivity index (χ1n) is 8.59. The number of rotatable bonds is 10. The molecule has 1 saturated carbocycles. The molecule has 2 rings (SSSR count). The van der Waals surface area contributed by atoms with Crippen molar-refractivity contribution in [3.05, 3.63) is 23.2 Å². The van der Waals surface area contributed by atoms with Crippen LogP contribution in [0, 0.1) is 18.8 Å². The third-order valence-electron chi connectivity index (χ3n) is 4.07. The lowest BCUT2D eigenvalue weighted by Crippen LogP contribution is -2.26. The Kier molecular flexibility index (Phi) is 6.31. The second-order valence-electron chi connectivity index (χ2n) is 7.00. The molecule has 1 aromatic rings. The fourth-order valence-corrected chi connectivity index (χ4v) is 2.77. The fourth-order valence-electron chi connectivity index (χ4n) is 2.77. The highest BCUT2D eigenvalue weighted by molar-refractivity contribution is 5.20. The molecule has 0 aliphatic heterocycles. The quantitative estimate of drug-likeness (QED) is 0.707. The molecule has 0 aromatic carbocycles. The van der Waals surface area contributed by atoms with Crippen LogP contribution in [0.1, 0.15) is 57.1 Å². The van der Waals surface area contributed by atoms with E-state index in [9.17, 15) is 0 Å². The van der Waals surface area contributed by atoms with Gasteiger partial charge in [0.25, 0.3) is 0 Å². The summed E-state index contributed by atoms with van der Waals surface area (Å²) in [5.41, 5.74) is 1.31. The predicted molar refractivity (Wildman–Crippen MR) is 88.3 cm³/mol. The lowest BCUT2D eigenvalue weighted by atomic mass is 10.2. The average Bonchev–Trinajstić information content (AvgIpc) is 3.14. The van der Waals surface area contributed by atoms with Crippen molar-refractivity contribution in [1.29, 1.82) is 0 Å². The molecule has 1 heterocycles. The standard InChI is InChI=1S/C18H32N2O/c1-5-8-20(12-16-6-7-16)13-18-9-17(15(4)21-18)11-19-10-14(2)3/h9,14,16,19H,5-8,10-13H2,1-4H3. The van der Waals surface area contributed by atoms with Gasteiger partial charge in [0.15, 0.2) is 0 Å². The molecule has 0 unspecified atom stereocenters. The summed E-state index contributed by atoms with van der Waals surface area (Å²) >= 11 is 0. The first-order chi connectivity index (χ1) is 10.1. The first kappa shape index (κ1) is 16.6. The number of hydrogen-bond acceptors (Lipinski definition) is 3. The Balaban J connectivity index is 1.86. The van der Waals surface area contributed by atoms with Crippen LogP contribution in [0.15, 0.2) is 10.5 Å². The molecule has 3 heteroatoms. The Bertz CT molecular complexity index is 421. The molecule has 120 valence electrons. The first-order valence-corrected chi connectivity index (χ1v) is 8.59. The van der Waals surface area contributed by atoms with Gasteiger partial charge in [-0.05, 0) is 57.2 Å². The SMILES string of the molecule is CCCN(Cc1cc(CNCC(C)C)c(C)o1)CC1CC1. The van der Waals surface area contributed by atoms with Gasteiger partial charge in [0, 0.05) is 18.7 Å². The van der Waals surface area contributed by atoms with Crippen LogP contribution < -0.4 is 5.32 Å². The molecule has 0 atom stereocenters. The lowest BCUT2D eigenvalue weighted by Gasteiger charge is -2.20. The molecule has 3 nitrogen and oxygen atoms in total. The van der Waals surface area contributed by atoms with E-state index in [1.165, 1.54) is 37.9 Å². The summed E-state index contributed by atoms with van der Waals surface area (Å²) in [6, 6.07) is 2.25. The maximum atomic E-state index is 5.97. The summed E-state index contributed by atoms with van der Waals surface area (Å²) in [7, 11) is 0. The molecule has 0 amide bonds. The van der Waals surface area contributed by atoms with Crippen molar-refractivity contribution < 1.29 is 4.42 Å². The van der Waals surface area contributed by atoms with Gasteiger partial charge in [-0.25, -0.2) is 0 Å². The molecule has 0 bridgehead atoms. The van der Waals surface area contributed by atoms with Crippen molar-refractivity contribution in [1.82, 2.24) is 10.2 Å². The van der Waals surface area contributed by atoms with Gasteiger partial charge in [-0.2, -0.15) is 0 Å². The van der Waals surface area contributed by atoms with E-state index in [4.69, 9.17) is 4.42 Å². The van der Waals surface area contributed by atoms with E-state index < -0.39 is 0 Å². The minimum Gasteiger partial charge on any atom is -0.465 e. The maximum Gasteiger partial charge on any atom is 0.118 e. The third-order valence-corrected chi connectivity index (χ3v) is 4.07. The van der Waals surface area contributed by atoms with Crippen molar-refractivity contribution >= 4 is 0 Å². The Morgan fingerprint density at radius 2 is 2.14 bits per heavy atom. The van der Waals surface area contributed by atoms with Crippen molar-refractivity contribution in [2.24, 2.45) is 11.8 Å². The molecule has 0 saturated heterocycles. The maximum absolute atomic E-state index is 5.97. The van der Waals surface area contributed by atoms with Gasteiger partial charge in [-0.15, -0.1) is 0 Å². The van der Waals surface area contributed by atoms with Gasteiger partial charge in [0.1, 0.15) is 11.5 Å². The van der Waals surface area contributed by atoms with Crippen LogP contribution in [0.5, 0.6) is 0 Å². The summed E-state index contributed by atoms with van der Waals surface area (Å²) in [6.45, 7) is 14.2. The third kappa shape index (κ3) is 5.84. The fraction of sp³-hybridized carbons (Fsp3) is 0.778. The highest BCUT2D eigenvalue weighted by Crippen LogP contribution is 2.30. The number of nitrogens with zero attached hydrogens (tertiary/aromatic N) is 1. The minimum absolute atomic E-state index is 0.690. The van der Waals surface area contributed by atoms with Crippen molar-refractivity contribution in [2.45, 2.75) is 60.0 Å². The molecule has 0 radical (unpaired) electrons. The van der Waals surface area contributed by atoms with Crippen LogP contribution in [0.25, 0.3) is 0 Å². The van der Waals surface area contributed by atoms with Gasteiger partial charge < -0.3 is 9.73 Å². The van der Waals surface area contributed by atoms with E-state index in [1.54, 1.807) is 0 Å². The number of nitrogens with one attached hydrogen (secondary N) is 1. The highest BCUT2D eigenvalue weighted by Gasteiger charge is 2.24. The number of furan rings is 1. The Labute approximate surface area is 130 Å². The molecule has 1 aromatic heterocycles. The van der Waals surface area contributed by atoms with E-state index in [-0.39, 0.29) is 0 Å². The van der Waals surface area contributed by atoms with Crippen LogP contribution in [0.2, 0.25) is 0 Å². The zero-order chi connectivity index (χ0) is 15.2. The van der Waals surface area contributed by atoms with E-state index in [0.717, 1.165) is 37.1 Å². The monoisotopic (exact) mass is 292 g/mol. The normalized spacial score (nSPS) is 15.3. The Morgan fingerprint density at radius 3 is 2.76 bits per heavy atom. The smallest absolute Gasteiger partial charge is 0.118 e. The molecular formula is C18H32N2O. The molecular weight excluding hydrogens is 260 g/mol. The van der Waals surface area contributed by atoms with Gasteiger partial charge in [-0.3, -0.25) is 4.90 Å². The van der Waals surface area contributed by atoms with Crippen LogP contribution in [0.4, 0.5) is 0 Å². The molecule has 1 N–H and O–H groups in total. The molecule has 1 aliphatic carbocycles. The van der Waals surface area contributed by atoms with E-state index >= 15 is 0 Å². The second-order valence-corrected chi connectivity index (χ2v) is 7.00. The minimum atomic E-state index is 0.690. The summed E-state index contributed by atoms with van der Waals surface area (Å²) in [4.78, 5) is 2.56. The lowest BCUT2D eigenvalue weighted by molar-refractivity contribution is 0.233. The van der Waals surface area contributed by atoms with Gasteiger partial charge in [0.2, 0.25) is 0 Å². The predicted octanol–water partition coefficient (Wildman–Crippen LogP) is 3.96. The number of hydrogen-bond donors (Lipinski definition) is 1. The van der Waals surface area contributed by atoms with Crippen LogP contribution >= 0.6 is 0 Å². The molecule has 1 aliphatic rings. The Morgan fingerprint density at radius 1 is 1.38 bits per heavy atom. The van der Waals surface area contributed by atoms with Gasteiger partial charge in [-0.1, -0.05) is 20.8 Å². The van der Waals surface area contributed by atoms with E-state index in [1.807, 2.05) is 0 Å². The summed E-state index contributed by atoms with van der Waals surface area (Å²) in [5.74, 6) is 3.84. The zero-order valence-corrected chi connectivity index (χ0v) is 14.2. The van der Waals surface area contributed by atoms with Crippen LogP contribution in [0.3, 0.4) is 0 Å².